The van der Waals surface area contributed by atoms with Crippen molar-refractivity contribution in [3.63, 3.8) is 0 Å². The highest BCUT2D eigenvalue weighted by Gasteiger charge is 2.14. The van der Waals surface area contributed by atoms with Crippen LogP contribution >= 0.6 is 0 Å². The summed E-state index contributed by atoms with van der Waals surface area (Å²) in [5.74, 6) is 2.73. The van der Waals surface area contributed by atoms with Gasteiger partial charge in [-0.1, -0.05) is 30.5 Å². The molecule has 0 spiro atoms. The zero-order chi connectivity index (χ0) is 21.3. The number of aliphatic imine (C=N–C) groups is 1. The normalized spacial score (nSPS) is 16.0. The Balaban J connectivity index is 1.62. The zero-order valence-electron chi connectivity index (χ0n) is 18.7. The van der Waals surface area contributed by atoms with E-state index in [-0.39, 0.29) is 6.04 Å². The lowest BCUT2D eigenvalue weighted by molar-refractivity contribution is 0.405. The largest absolute Gasteiger partial charge is 0.496 e. The van der Waals surface area contributed by atoms with E-state index < -0.39 is 0 Å². The van der Waals surface area contributed by atoms with Crippen LogP contribution in [0.3, 0.4) is 0 Å². The number of rotatable bonds is 6. The van der Waals surface area contributed by atoms with Crippen molar-refractivity contribution in [3.8, 4) is 5.75 Å². The van der Waals surface area contributed by atoms with Gasteiger partial charge in [-0.3, -0.25) is 4.99 Å². The second-order valence-electron chi connectivity index (χ2n) is 7.96. The molecule has 0 saturated carbocycles. The maximum atomic E-state index is 5.53. The molecule has 2 N–H and O–H groups in total. The van der Waals surface area contributed by atoms with Gasteiger partial charge in [0, 0.05) is 38.4 Å². The van der Waals surface area contributed by atoms with E-state index in [1.165, 1.54) is 36.8 Å². The number of aromatic nitrogens is 1. The van der Waals surface area contributed by atoms with E-state index in [0.717, 1.165) is 36.2 Å². The van der Waals surface area contributed by atoms with Crippen molar-refractivity contribution < 1.29 is 4.74 Å². The van der Waals surface area contributed by atoms with Crippen LogP contribution < -0.4 is 20.3 Å². The van der Waals surface area contributed by atoms with Crippen molar-refractivity contribution >= 4 is 11.8 Å². The van der Waals surface area contributed by atoms with Gasteiger partial charge in [0.15, 0.2) is 5.96 Å². The summed E-state index contributed by atoms with van der Waals surface area (Å²) < 4.78 is 5.53. The summed E-state index contributed by atoms with van der Waals surface area (Å²) >= 11 is 0. The Hall–Kier alpha value is -2.76. The average Bonchev–Trinajstić information content (AvgIpc) is 3.06. The predicted octanol–water partition coefficient (Wildman–Crippen LogP) is 4.21. The van der Waals surface area contributed by atoms with Gasteiger partial charge in [0.2, 0.25) is 0 Å². The molecule has 6 nitrogen and oxygen atoms in total. The van der Waals surface area contributed by atoms with Gasteiger partial charge in [0.25, 0.3) is 0 Å². The molecule has 1 unspecified atom stereocenters. The number of hydrogen-bond donors (Lipinski definition) is 2. The van der Waals surface area contributed by atoms with Gasteiger partial charge in [0.05, 0.1) is 13.2 Å². The number of guanidine groups is 1. The van der Waals surface area contributed by atoms with Gasteiger partial charge in [-0.15, -0.1) is 0 Å². The van der Waals surface area contributed by atoms with Gasteiger partial charge in [0.1, 0.15) is 11.6 Å². The van der Waals surface area contributed by atoms with E-state index in [2.05, 4.69) is 63.6 Å². The Labute approximate surface area is 180 Å². The molecule has 1 fully saturated rings. The smallest absolute Gasteiger partial charge is 0.191 e. The SMILES string of the molecule is CN=C(NCc1ccnc(N2CCCCCC2)c1)NC(C)c1cc(C)ccc1OC. The number of pyridine rings is 1. The molecule has 1 saturated heterocycles. The first-order valence-electron chi connectivity index (χ1n) is 10.9. The molecule has 1 aliphatic heterocycles. The fourth-order valence-electron chi connectivity index (χ4n) is 3.90. The van der Waals surface area contributed by atoms with Crippen molar-refractivity contribution in [2.45, 2.75) is 52.1 Å². The number of anilines is 1. The van der Waals surface area contributed by atoms with Crippen LogP contribution in [0.5, 0.6) is 5.75 Å². The fraction of sp³-hybridized carbons (Fsp3) is 0.500. The van der Waals surface area contributed by atoms with E-state index in [1.54, 1.807) is 14.2 Å². The minimum atomic E-state index is 0.0659. The van der Waals surface area contributed by atoms with Gasteiger partial charge in [-0.25, -0.2) is 4.98 Å². The van der Waals surface area contributed by atoms with Crippen LogP contribution in [0.15, 0.2) is 41.5 Å². The summed E-state index contributed by atoms with van der Waals surface area (Å²) in [6.45, 7) is 7.11. The molecule has 1 atom stereocenters. The number of ether oxygens (including phenoxy) is 1. The number of benzene rings is 1. The van der Waals surface area contributed by atoms with Crippen LogP contribution in [-0.4, -0.2) is 38.2 Å². The second kappa shape index (κ2) is 10.9. The van der Waals surface area contributed by atoms with E-state index in [9.17, 15) is 0 Å². The quantitative estimate of drug-likeness (QED) is 0.553. The molecule has 0 radical (unpaired) electrons. The van der Waals surface area contributed by atoms with Crippen molar-refractivity contribution in [1.29, 1.82) is 0 Å². The van der Waals surface area contributed by atoms with Crippen molar-refractivity contribution in [2.75, 3.05) is 32.1 Å². The highest BCUT2D eigenvalue weighted by molar-refractivity contribution is 5.80. The van der Waals surface area contributed by atoms with Crippen LogP contribution in [0.1, 0.15) is 55.3 Å². The summed E-state index contributed by atoms with van der Waals surface area (Å²) in [6.07, 6.45) is 7.06. The Morgan fingerprint density at radius 3 is 2.63 bits per heavy atom. The third-order valence-corrected chi connectivity index (χ3v) is 5.63. The molecular formula is C24H35N5O. The van der Waals surface area contributed by atoms with E-state index >= 15 is 0 Å². The first-order chi connectivity index (χ1) is 14.6. The van der Waals surface area contributed by atoms with Gasteiger partial charge < -0.3 is 20.3 Å². The van der Waals surface area contributed by atoms with Crippen LogP contribution in [0.4, 0.5) is 5.82 Å². The molecule has 30 heavy (non-hydrogen) atoms. The Bertz CT molecular complexity index is 843. The summed E-state index contributed by atoms with van der Waals surface area (Å²) in [7, 11) is 3.50. The molecule has 1 aromatic heterocycles. The molecular weight excluding hydrogens is 374 g/mol. The molecule has 162 valence electrons. The van der Waals surface area contributed by atoms with Crippen LogP contribution in [0.2, 0.25) is 0 Å². The number of hydrogen-bond acceptors (Lipinski definition) is 4. The molecule has 6 heteroatoms. The molecule has 1 aliphatic rings. The maximum Gasteiger partial charge on any atom is 0.191 e. The first-order valence-corrected chi connectivity index (χ1v) is 10.9. The molecule has 3 rings (SSSR count). The first kappa shape index (κ1) is 21.9. The van der Waals surface area contributed by atoms with E-state index in [4.69, 9.17) is 4.74 Å². The highest BCUT2D eigenvalue weighted by atomic mass is 16.5. The molecule has 0 amide bonds. The van der Waals surface area contributed by atoms with Crippen molar-refractivity contribution in [1.82, 2.24) is 15.6 Å². The zero-order valence-corrected chi connectivity index (χ0v) is 18.7. The molecule has 0 aliphatic carbocycles. The lowest BCUT2D eigenvalue weighted by atomic mass is 10.0. The Morgan fingerprint density at radius 2 is 1.93 bits per heavy atom. The monoisotopic (exact) mass is 409 g/mol. The number of methoxy groups -OCH3 is 1. The third kappa shape index (κ3) is 5.88. The minimum Gasteiger partial charge on any atom is -0.496 e. The number of nitrogens with one attached hydrogen (secondary N) is 2. The molecule has 1 aromatic carbocycles. The minimum absolute atomic E-state index is 0.0659. The van der Waals surface area contributed by atoms with Gasteiger partial charge in [-0.2, -0.15) is 0 Å². The lowest BCUT2D eigenvalue weighted by Gasteiger charge is -2.22. The number of aryl methyl sites for hydroxylation is 1. The lowest BCUT2D eigenvalue weighted by Crippen LogP contribution is -2.38. The summed E-state index contributed by atoms with van der Waals surface area (Å²) in [5.41, 5.74) is 3.53. The third-order valence-electron chi connectivity index (χ3n) is 5.63. The van der Waals surface area contributed by atoms with Crippen LogP contribution in [0, 0.1) is 6.92 Å². The standard InChI is InChI=1S/C24H35N5O/c1-18-9-10-22(30-4)21(15-18)19(2)28-24(25-3)27-17-20-11-12-26-23(16-20)29-13-7-5-6-8-14-29/h9-12,15-16,19H,5-8,13-14,17H2,1-4H3,(H2,25,27,28). The predicted molar refractivity (Wildman–Crippen MR) is 124 cm³/mol. The summed E-state index contributed by atoms with van der Waals surface area (Å²) in [5, 5.41) is 6.91. The van der Waals surface area contributed by atoms with Gasteiger partial charge >= 0.3 is 0 Å². The summed E-state index contributed by atoms with van der Waals surface area (Å²) in [4.78, 5) is 11.4. The van der Waals surface area contributed by atoms with Crippen molar-refractivity contribution in [3.05, 3.63) is 53.2 Å². The molecule has 2 heterocycles. The van der Waals surface area contributed by atoms with Crippen molar-refractivity contribution in [2.24, 2.45) is 4.99 Å². The fourth-order valence-corrected chi connectivity index (χ4v) is 3.90. The van der Waals surface area contributed by atoms with Crippen LogP contribution in [0.25, 0.3) is 0 Å². The Kier molecular flexibility index (Phi) is 7.94. The average molecular weight is 410 g/mol. The maximum absolute atomic E-state index is 5.53. The molecule has 0 bridgehead atoms. The molecule has 2 aromatic rings. The summed E-state index contributed by atoms with van der Waals surface area (Å²) in [6, 6.07) is 10.6. The topological polar surface area (TPSA) is 61.8 Å². The van der Waals surface area contributed by atoms with Crippen LogP contribution in [-0.2, 0) is 6.54 Å². The van der Waals surface area contributed by atoms with E-state index in [1.807, 2.05) is 12.3 Å². The highest BCUT2D eigenvalue weighted by Crippen LogP contribution is 2.26. The van der Waals surface area contributed by atoms with E-state index in [0.29, 0.717) is 6.54 Å². The van der Waals surface area contributed by atoms with Gasteiger partial charge in [-0.05, 0) is 50.5 Å². The second-order valence-corrected chi connectivity index (χ2v) is 7.96. The Morgan fingerprint density at radius 1 is 1.17 bits per heavy atom. The number of nitrogens with zero attached hydrogens (tertiary/aromatic N) is 3.